The highest BCUT2D eigenvalue weighted by atomic mass is 16.5. The molecule has 6 aliphatic rings. The van der Waals surface area contributed by atoms with Gasteiger partial charge in [0.25, 0.3) is 11.8 Å². The maximum absolute atomic E-state index is 13.6. The number of anilines is 3. The highest BCUT2D eigenvalue weighted by molar-refractivity contribution is 6.03. The smallest absolute Gasteiger partial charge is 0.341 e. The number of carbonyl (C=O) groups excluding carboxylic acids is 2. The summed E-state index contributed by atoms with van der Waals surface area (Å²) in [7, 11) is 5.83. The number of aliphatic hydroxyl groups excluding tert-OH is 3. The van der Waals surface area contributed by atoms with Crippen molar-refractivity contribution in [3.8, 4) is 33.8 Å². The van der Waals surface area contributed by atoms with Crippen LogP contribution in [0.5, 0.6) is 0 Å². The van der Waals surface area contributed by atoms with Gasteiger partial charge >= 0.3 is 5.97 Å². The Kier molecular flexibility index (Phi) is 25.5. The minimum atomic E-state index is -1.06. The number of hydrogen-bond acceptors (Lipinski definition) is 22. The second-order valence-electron chi connectivity index (χ2n) is 33.2. The molecule has 15 heterocycles. The van der Waals surface area contributed by atoms with Gasteiger partial charge in [0.2, 0.25) is 0 Å². The average Bonchev–Trinajstić information content (AvgIpc) is 1.62. The summed E-state index contributed by atoms with van der Waals surface area (Å²) >= 11 is 0. The molecular formula is C92H107N21O10. The molecule has 6 fully saturated rings. The van der Waals surface area contributed by atoms with Crippen molar-refractivity contribution >= 4 is 85.3 Å². The number of carboxylic acids is 1. The van der Waals surface area contributed by atoms with Crippen LogP contribution in [0.1, 0.15) is 176 Å². The predicted molar refractivity (Wildman–Crippen MR) is 470 cm³/mol. The zero-order valence-electron chi connectivity index (χ0n) is 69.7. The number of aromatic carboxylic acids is 1. The fourth-order valence-corrected chi connectivity index (χ4v) is 18.2. The molecule has 0 bridgehead atoms. The summed E-state index contributed by atoms with van der Waals surface area (Å²) in [4.78, 5) is 72.0. The molecule has 640 valence electrons. The normalized spacial score (nSPS) is 19.9. The van der Waals surface area contributed by atoms with Crippen LogP contribution in [0.3, 0.4) is 0 Å². The topological polar surface area (TPSA) is 372 Å². The van der Waals surface area contributed by atoms with Crippen LogP contribution in [-0.4, -0.2) is 208 Å². The Morgan fingerprint density at radius 2 is 0.813 bits per heavy atom. The summed E-state index contributed by atoms with van der Waals surface area (Å²) in [6.07, 6.45) is 31.3. The first-order chi connectivity index (χ1) is 60.1. The Labute approximate surface area is 711 Å². The molecule has 3 aliphatic carbocycles. The Balaban J connectivity index is 0.000000125. The zero-order chi connectivity index (χ0) is 84.6. The van der Waals surface area contributed by atoms with Gasteiger partial charge in [-0.25, -0.2) is 34.7 Å². The Morgan fingerprint density at radius 3 is 1.19 bits per heavy atom. The van der Waals surface area contributed by atoms with Crippen LogP contribution < -0.4 is 31.5 Å². The maximum atomic E-state index is 13.6. The molecule has 31 heteroatoms. The van der Waals surface area contributed by atoms with E-state index in [9.17, 15) is 29.7 Å². The lowest BCUT2D eigenvalue weighted by atomic mass is 9.93. The van der Waals surface area contributed by atoms with Crippen LogP contribution in [0.15, 0.2) is 171 Å². The van der Waals surface area contributed by atoms with Gasteiger partial charge < -0.3 is 79.8 Å². The molecule has 9 N–H and O–H groups in total. The van der Waals surface area contributed by atoms with Crippen molar-refractivity contribution in [2.24, 2.45) is 5.73 Å². The number of aliphatic hydroxyl groups is 3. The van der Waals surface area contributed by atoms with Crippen molar-refractivity contribution in [1.29, 1.82) is 0 Å². The van der Waals surface area contributed by atoms with Crippen molar-refractivity contribution < 1.29 is 49.0 Å². The summed E-state index contributed by atoms with van der Waals surface area (Å²) in [6, 6.07) is 39.5. The van der Waals surface area contributed by atoms with Gasteiger partial charge in [0.1, 0.15) is 51.1 Å². The summed E-state index contributed by atoms with van der Waals surface area (Å²) in [6.45, 7) is 5.69. The van der Waals surface area contributed by atoms with Gasteiger partial charge in [-0.1, -0.05) is 60.7 Å². The van der Waals surface area contributed by atoms with Gasteiger partial charge in [-0.3, -0.25) is 9.59 Å². The first-order valence-electron chi connectivity index (χ1n) is 43.2. The third-order valence-electron chi connectivity index (χ3n) is 24.7. The molecule has 2 aromatic carbocycles. The number of nitrogens with two attached hydrogens (primary N) is 1. The van der Waals surface area contributed by atoms with Gasteiger partial charge in [-0.2, -0.15) is 28.8 Å². The van der Waals surface area contributed by atoms with E-state index in [1.807, 2.05) is 106 Å². The van der Waals surface area contributed by atoms with Crippen LogP contribution in [0.4, 0.5) is 17.5 Å². The number of nitrogens with zero attached hydrogens (tertiary/aromatic N) is 17. The molecule has 2 amide bonds. The number of rotatable bonds is 18. The van der Waals surface area contributed by atoms with Crippen molar-refractivity contribution in [1.82, 2.24) is 83.1 Å². The molecule has 3 saturated carbocycles. The van der Waals surface area contributed by atoms with E-state index in [2.05, 4.69) is 121 Å². The Morgan fingerprint density at radius 1 is 0.447 bits per heavy atom. The molecule has 3 saturated heterocycles. The predicted octanol–water partition coefficient (Wildman–Crippen LogP) is 12.6. The van der Waals surface area contributed by atoms with Crippen LogP contribution in [0, 0.1) is 0 Å². The van der Waals surface area contributed by atoms with E-state index in [1.54, 1.807) is 32.1 Å². The number of amides is 2. The third kappa shape index (κ3) is 18.4. The molecule has 12 aromatic heterocycles. The third-order valence-corrected chi connectivity index (χ3v) is 24.7. The van der Waals surface area contributed by atoms with Crippen molar-refractivity contribution in [2.75, 3.05) is 75.9 Å². The number of carboxylic acid groups (broad SMARTS) is 1. The summed E-state index contributed by atoms with van der Waals surface area (Å²) in [5, 5.41) is 64.9. The minimum absolute atomic E-state index is 0.0494. The number of hydrogen-bond donors (Lipinski definition) is 8. The molecular weight excluding hydrogens is 1560 g/mol. The summed E-state index contributed by atoms with van der Waals surface area (Å²) in [5.74, 6) is 0.813. The molecule has 0 unspecified atom stereocenters. The average molecular weight is 1670 g/mol. The van der Waals surface area contributed by atoms with Gasteiger partial charge in [0.05, 0.1) is 54.0 Å². The number of fused-ring (bicyclic) bond motifs is 6. The fraction of sp³-hybridized carbons (Fsp3) is 0.413. The van der Waals surface area contributed by atoms with E-state index >= 15 is 0 Å². The van der Waals surface area contributed by atoms with Crippen LogP contribution in [-0.2, 0) is 27.3 Å². The Bertz CT molecular complexity index is 6020. The summed E-state index contributed by atoms with van der Waals surface area (Å²) < 4.78 is 28.5. The largest absolute Gasteiger partial charge is 0.477 e. The molecule has 6 atom stereocenters. The SMILES string of the molecule is CN(Cc1ccccc1)c1cc(-c2cn(C3CCOCC3)c3ncccc23)nc2c(C(=O)N[C@@H]3CCC[C@@H](O)C3)cnn12.CN(Cc1ccccc1)c1cc(-c2cn(C3CCOCC3)c3ncccc23)nc2c(C(=O)O)cnn12.CNc1cc(-c2cn(C3CCOCC3)c3ncccc23)nc2c(C(=O)N[C@@H]3CCC[C@@H](O)C3)cnn12.N[C@@H]1CCC[C@@H](O)C1. The van der Waals surface area contributed by atoms with Crippen molar-refractivity contribution in [2.45, 2.75) is 183 Å². The van der Waals surface area contributed by atoms with Gasteiger partial charge in [0, 0.05) is 198 Å². The van der Waals surface area contributed by atoms with Crippen LogP contribution in [0.2, 0.25) is 0 Å². The summed E-state index contributed by atoms with van der Waals surface area (Å²) in [5.41, 5.74) is 17.8. The number of aromatic nitrogens is 15. The molecule has 20 rings (SSSR count). The Hall–Kier alpha value is -12.1. The number of benzene rings is 2. The number of carbonyl (C=O) groups is 3. The van der Waals surface area contributed by atoms with E-state index in [1.165, 1.54) is 6.20 Å². The van der Waals surface area contributed by atoms with Crippen molar-refractivity contribution in [3.05, 3.63) is 199 Å². The molecule has 123 heavy (non-hydrogen) atoms. The second-order valence-corrected chi connectivity index (χ2v) is 33.2. The number of ether oxygens (including phenoxy) is 3. The standard InChI is InChI=1S/C33H37N7O3.C27H26N6O3.C26H31N7O3.C6H13NO/c1-38(20-22-7-3-2-4-8-22)30-18-29(28-21-39(24-12-15-43-16-13-24)31-26(28)11-6-14-34-31)37-32-27(19-35-40(30)32)33(42)36-23-9-5-10-25(41)17-23;1-31(16-18-6-3-2-4-7-18)24-14-23(30-26-21(27(34)35)15-29-33(24)26)22-17-32(19-9-12-36-13-10-19)25-20(22)8-5-11-28-25;1-27-23-13-22(21-15-32(17-7-10-36-11-8-17)24-19(21)6-3-9-28-24)31-25-20(14-29-33(23)25)26(35)30-16-4-2-5-18(34)12-16;7-5-2-1-3-6(8)4-5/h2-4,6-8,11,14,18-19,21,23-25,41H,5,9-10,12-13,15-17,20H2,1H3,(H,36,42);2-8,11,14-15,17,19H,9-10,12-13,16H2,1H3,(H,34,35);3,6,9,13-18,27,34H,2,4-5,7-8,10-12H2,1H3,(H,30,35);5-6,8H,1-4,7H2/t23-,25-;;16-,18-;5-,6-/m1.11/s1. The van der Waals surface area contributed by atoms with Crippen LogP contribution in [0.25, 0.3) is 83.8 Å². The quantitative estimate of drug-likeness (QED) is 0.0395. The van der Waals surface area contributed by atoms with E-state index in [0.717, 1.165) is 232 Å². The van der Waals surface area contributed by atoms with Gasteiger partial charge in [0.15, 0.2) is 16.9 Å². The van der Waals surface area contributed by atoms with Crippen molar-refractivity contribution in [3.63, 3.8) is 0 Å². The van der Waals surface area contributed by atoms with Crippen LogP contribution >= 0.6 is 0 Å². The zero-order valence-corrected chi connectivity index (χ0v) is 69.7. The molecule has 0 spiro atoms. The lowest BCUT2D eigenvalue weighted by Gasteiger charge is -2.26. The molecule has 0 radical (unpaired) electrons. The minimum Gasteiger partial charge on any atom is -0.477 e. The first kappa shape index (κ1) is 83.2. The van der Waals surface area contributed by atoms with Gasteiger partial charge in [-0.05, 0) is 163 Å². The van der Waals surface area contributed by atoms with E-state index in [0.29, 0.717) is 77.8 Å². The van der Waals surface area contributed by atoms with E-state index in [4.69, 9.17) is 50.0 Å². The lowest BCUT2D eigenvalue weighted by Crippen LogP contribution is -2.39. The highest BCUT2D eigenvalue weighted by Crippen LogP contribution is 2.40. The fourth-order valence-electron chi connectivity index (χ4n) is 18.2. The van der Waals surface area contributed by atoms with E-state index < -0.39 is 5.97 Å². The lowest BCUT2D eigenvalue weighted by molar-refractivity contribution is 0.0695. The highest BCUT2D eigenvalue weighted by Gasteiger charge is 2.32. The van der Waals surface area contributed by atoms with E-state index in [-0.39, 0.29) is 53.8 Å². The van der Waals surface area contributed by atoms with Gasteiger partial charge in [-0.15, -0.1) is 0 Å². The maximum Gasteiger partial charge on any atom is 0.341 e. The first-order valence-corrected chi connectivity index (χ1v) is 43.2. The monoisotopic (exact) mass is 1670 g/mol. The number of pyridine rings is 3. The molecule has 14 aromatic rings. The molecule has 3 aliphatic heterocycles. The molecule has 31 nitrogen and oxygen atoms in total. The number of nitrogens with one attached hydrogen (secondary N) is 3. The second kappa shape index (κ2) is 37.7.